The number of nitrogens with two attached hydrogens (primary N) is 1. The van der Waals surface area contributed by atoms with Crippen LogP contribution in [0.25, 0.3) is 5.69 Å². The summed E-state index contributed by atoms with van der Waals surface area (Å²) in [5.41, 5.74) is 7.95. The van der Waals surface area contributed by atoms with Crippen molar-refractivity contribution in [2.24, 2.45) is 0 Å². The molecule has 3 rings (SSSR count). The Labute approximate surface area is 121 Å². The third kappa shape index (κ3) is 2.08. The molecule has 2 aromatic rings. The van der Waals surface area contributed by atoms with Crippen LogP contribution in [0, 0.1) is 3.57 Å². The zero-order valence-corrected chi connectivity index (χ0v) is 12.6. The van der Waals surface area contributed by atoms with Crippen LogP contribution in [0.1, 0.15) is 24.5 Å². The maximum absolute atomic E-state index is 5.90. The average Bonchev–Trinajstić information content (AvgIpc) is 3.06. The third-order valence-electron chi connectivity index (χ3n) is 2.83. The molecule has 0 spiro atoms. The van der Waals surface area contributed by atoms with Gasteiger partial charge in [-0.1, -0.05) is 5.21 Å². The molecule has 1 saturated carbocycles. The Hall–Kier alpha value is -0.630. The Kier molecular flexibility index (Phi) is 2.86. The molecular weight excluding hydrogens is 395 g/mol. The number of nitrogen functional groups attached to an aromatic ring is 1. The van der Waals surface area contributed by atoms with Crippen molar-refractivity contribution >= 4 is 44.3 Å². The van der Waals surface area contributed by atoms with E-state index in [-0.39, 0.29) is 0 Å². The summed E-state index contributed by atoms with van der Waals surface area (Å²) in [5, 5.41) is 8.15. The maximum Gasteiger partial charge on any atom is 0.169 e. The fourth-order valence-electron chi connectivity index (χ4n) is 1.87. The van der Waals surface area contributed by atoms with Gasteiger partial charge in [0, 0.05) is 14.0 Å². The predicted octanol–water partition coefficient (Wildman–Crippen LogP) is 3.09. The van der Waals surface area contributed by atoms with Gasteiger partial charge in [-0.05, 0) is 69.6 Å². The summed E-state index contributed by atoms with van der Waals surface area (Å²) in [4.78, 5) is 0. The molecule has 1 heterocycles. The molecule has 1 aromatic heterocycles. The normalized spacial score (nSPS) is 15.2. The Bertz CT molecular complexity index is 577. The number of nitrogens with zero attached hydrogens (tertiary/aromatic N) is 3. The molecular formula is C11H10BrIN4. The molecule has 0 unspecified atom stereocenters. The molecule has 0 bridgehead atoms. The number of rotatable bonds is 2. The lowest BCUT2D eigenvalue weighted by molar-refractivity contribution is 0.760. The van der Waals surface area contributed by atoms with Crippen molar-refractivity contribution in [3.05, 3.63) is 31.9 Å². The van der Waals surface area contributed by atoms with E-state index in [9.17, 15) is 0 Å². The molecule has 1 fully saturated rings. The van der Waals surface area contributed by atoms with Gasteiger partial charge in [0.1, 0.15) is 0 Å². The lowest BCUT2D eigenvalue weighted by Crippen LogP contribution is -2.03. The van der Waals surface area contributed by atoms with E-state index in [2.05, 4.69) is 54.9 Å². The second kappa shape index (κ2) is 4.24. The molecule has 6 heteroatoms. The Morgan fingerprint density at radius 1 is 1.41 bits per heavy atom. The first-order valence-electron chi connectivity index (χ1n) is 5.33. The molecule has 17 heavy (non-hydrogen) atoms. The Morgan fingerprint density at radius 2 is 2.18 bits per heavy atom. The van der Waals surface area contributed by atoms with Gasteiger partial charge in [-0.2, -0.15) is 0 Å². The molecule has 1 aromatic carbocycles. The highest BCUT2D eigenvalue weighted by atomic mass is 127. The van der Waals surface area contributed by atoms with Crippen molar-refractivity contribution in [2.45, 2.75) is 18.8 Å². The summed E-state index contributed by atoms with van der Waals surface area (Å²) in [7, 11) is 0. The van der Waals surface area contributed by atoms with Gasteiger partial charge in [0.2, 0.25) is 0 Å². The second-order valence-electron chi connectivity index (χ2n) is 4.14. The Balaban J connectivity index is 2.17. The molecule has 0 aliphatic heterocycles. The van der Waals surface area contributed by atoms with E-state index in [0.717, 1.165) is 19.4 Å². The number of anilines is 1. The molecule has 1 aliphatic carbocycles. The number of halogens is 2. The molecule has 0 saturated heterocycles. The molecule has 0 atom stereocenters. The topological polar surface area (TPSA) is 56.7 Å². The van der Waals surface area contributed by atoms with E-state index in [1.807, 2.05) is 16.8 Å². The number of benzene rings is 1. The first kappa shape index (κ1) is 11.5. The molecule has 0 amide bonds. The van der Waals surface area contributed by atoms with Crippen molar-refractivity contribution < 1.29 is 0 Å². The van der Waals surface area contributed by atoms with Crippen LogP contribution in [0.15, 0.2) is 22.7 Å². The highest BCUT2D eigenvalue weighted by Crippen LogP contribution is 2.43. The zero-order valence-electron chi connectivity index (χ0n) is 8.90. The van der Waals surface area contributed by atoms with Gasteiger partial charge in [-0.25, -0.2) is 4.68 Å². The molecule has 0 radical (unpaired) electrons. The minimum Gasteiger partial charge on any atom is -0.381 e. The van der Waals surface area contributed by atoms with Crippen LogP contribution in [-0.2, 0) is 0 Å². The second-order valence-corrected chi connectivity index (χ2v) is 6.24. The van der Waals surface area contributed by atoms with Crippen molar-refractivity contribution in [3.8, 4) is 5.69 Å². The third-order valence-corrected chi connectivity index (χ3v) is 4.17. The Morgan fingerprint density at radius 3 is 2.88 bits per heavy atom. The monoisotopic (exact) mass is 404 g/mol. The SMILES string of the molecule is Nc1nnn(-c2cc(I)ccc2Br)c1C1CC1. The van der Waals surface area contributed by atoms with Gasteiger partial charge in [0.15, 0.2) is 5.82 Å². The van der Waals surface area contributed by atoms with Crippen molar-refractivity contribution in [2.75, 3.05) is 5.73 Å². The summed E-state index contributed by atoms with van der Waals surface area (Å²) in [5.74, 6) is 1.08. The zero-order chi connectivity index (χ0) is 12.0. The summed E-state index contributed by atoms with van der Waals surface area (Å²) >= 11 is 5.83. The van der Waals surface area contributed by atoms with E-state index in [1.165, 1.54) is 12.8 Å². The van der Waals surface area contributed by atoms with E-state index in [0.29, 0.717) is 11.7 Å². The van der Waals surface area contributed by atoms with Crippen LogP contribution in [0.4, 0.5) is 5.82 Å². The molecule has 1 aliphatic rings. The summed E-state index contributed by atoms with van der Waals surface area (Å²) < 4.78 is 4.03. The van der Waals surface area contributed by atoms with E-state index < -0.39 is 0 Å². The van der Waals surface area contributed by atoms with Crippen LogP contribution < -0.4 is 5.73 Å². The maximum atomic E-state index is 5.90. The quantitative estimate of drug-likeness (QED) is 0.782. The first-order chi connectivity index (χ1) is 8.16. The predicted molar refractivity (Wildman–Crippen MR) is 78.2 cm³/mol. The molecule has 4 nitrogen and oxygen atoms in total. The largest absolute Gasteiger partial charge is 0.381 e. The number of aromatic nitrogens is 3. The average molecular weight is 405 g/mol. The molecule has 88 valence electrons. The van der Waals surface area contributed by atoms with Gasteiger partial charge in [-0.15, -0.1) is 5.10 Å². The van der Waals surface area contributed by atoms with Gasteiger partial charge in [0.25, 0.3) is 0 Å². The minimum absolute atomic E-state index is 0.523. The lowest BCUT2D eigenvalue weighted by Gasteiger charge is -2.08. The van der Waals surface area contributed by atoms with Gasteiger partial charge < -0.3 is 5.73 Å². The smallest absolute Gasteiger partial charge is 0.169 e. The fraction of sp³-hybridized carbons (Fsp3) is 0.273. The lowest BCUT2D eigenvalue weighted by atomic mass is 10.2. The van der Waals surface area contributed by atoms with Gasteiger partial charge in [0.05, 0.1) is 11.4 Å². The van der Waals surface area contributed by atoms with E-state index >= 15 is 0 Å². The van der Waals surface area contributed by atoms with Crippen LogP contribution >= 0.6 is 38.5 Å². The summed E-state index contributed by atoms with van der Waals surface area (Å²) in [6.45, 7) is 0. The summed E-state index contributed by atoms with van der Waals surface area (Å²) in [6.07, 6.45) is 2.36. The van der Waals surface area contributed by atoms with Crippen LogP contribution in [0.5, 0.6) is 0 Å². The van der Waals surface area contributed by atoms with Gasteiger partial charge >= 0.3 is 0 Å². The van der Waals surface area contributed by atoms with Crippen molar-refractivity contribution in [3.63, 3.8) is 0 Å². The number of hydrogen-bond donors (Lipinski definition) is 1. The number of hydrogen-bond acceptors (Lipinski definition) is 3. The highest BCUT2D eigenvalue weighted by molar-refractivity contribution is 14.1. The van der Waals surface area contributed by atoms with Gasteiger partial charge in [-0.3, -0.25) is 0 Å². The van der Waals surface area contributed by atoms with E-state index in [1.54, 1.807) is 0 Å². The standard InChI is InChI=1S/C11H10BrIN4/c12-8-4-3-7(13)5-9(8)17-10(6-1-2-6)11(14)15-16-17/h3-6H,1-2,14H2. The summed E-state index contributed by atoms with van der Waals surface area (Å²) in [6, 6.07) is 6.14. The minimum atomic E-state index is 0.523. The first-order valence-corrected chi connectivity index (χ1v) is 7.20. The fourth-order valence-corrected chi connectivity index (χ4v) is 2.76. The van der Waals surface area contributed by atoms with Crippen molar-refractivity contribution in [1.29, 1.82) is 0 Å². The van der Waals surface area contributed by atoms with Crippen LogP contribution in [-0.4, -0.2) is 15.0 Å². The van der Waals surface area contributed by atoms with Crippen molar-refractivity contribution in [1.82, 2.24) is 15.0 Å². The van der Waals surface area contributed by atoms with E-state index in [4.69, 9.17) is 5.73 Å². The highest BCUT2D eigenvalue weighted by Gasteiger charge is 2.31. The molecule has 2 N–H and O–H groups in total. The van der Waals surface area contributed by atoms with Crippen LogP contribution in [0.2, 0.25) is 0 Å². The van der Waals surface area contributed by atoms with Crippen LogP contribution in [0.3, 0.4) is 0 Å².